The number of hydrogen-bond donors (Lipinski definition) is 1. The van der Waals surface area contributed by atoms with Gasteiger partial charge in [-0.3, -0.25) is 4.79 Å². The minimum absolute atomic E-state index is 0.0241. The molecule has 0 aliphatic heterocycles. The maximum atomic E-state index is 12.4. The number of thiol groups is 1. The average Bonchev–Trinajstić information content (AvgIpc) is 2.38. The molecule has 0 aliphatic rings. The molecule has 0 radical (unpaired) electrons. The highest BCUT2D eigenvalue weighted by Gasteiger charge is 2.15. The van der Waals surface area contributed by atoms with Gasteiger partial charge in [-0.05, 0) is 30.7 Å². The zero-order chi connectivity index (χ0) is 14.7. The van der Waals surface area contributed by atoms with Crippen molar-refractivity contribution in [2.24, 2.45) is 0 Å². The Balaban J connectivity index is 2.16. The molecule has 2 nitrogen and oxygen atoms in total. The quantitative estimate of drug-likeness (QED) is 0.818. The minimum Gasteiger partial charge on any atom is -0.337 e. The van der Waals surface area contributed by atoms with Gasteiger partial charge in [0.15, 0.2) is 0 Å². The molecular formula is C16H16BrNOS. The van der Waals surface area contributed by atoms with Crippen LogP contribution in [0.4, 0.5) is 0 Å². The van der Waals surface area contributed by atoms with Crippen molar-refractivity contribution < 1.29 is 4.79 Å². The maximum Gasteiger partial charge on any atom is 0.255 e. The SMILES string of the molecule is Cc1cccc(CN(C)C(=O)c2ccc(Br)cc2S)c1. The van der Waals surface area contributed by atoms with Crippen molar-refractivity contribution in [3.63, 3.8) is 0 Å². The van der Waals surface area contributed by atoms with E-state index in [2.05, 4.69) is 34.6 Å². The number of benzene rings is 2. The highest BCUT2D eigenvalue weighted by atomic mass is 79.9. The van der Waals surface area contributed by atoms with Gasteiger partial charge in [0.05, 0.1) is 5.56 Å². The predicted molar refractivity (Wildman–Crippen MR) is 88.4 cm³/mol. The Kier molecular flexibility index (Phi) is 4.89. The lowest BCUT2D eigenvalue weighted by atomic mass is 10.1. The first kappa shape index (κ1) is 15.1. The molecular weight excluding hydrogens is 334 g/mol. The van der Waals surface area contributed by atoms with Crippen molar-refractivity contribution >= 4 is 34.5 Å². The molecule has 1 amide bonds. The number of rotatable bonds is 3. The summed E-state index contributed by atoms with van der Waals surface area (Å²) in [4.78, 5) is 14.8. The first-order valence-electron chi connectivity index (χ1n) is 6.27. The molecule has 0 bridgehead atoms. The Morgan fingerprint density at radius 2 is 2.00 bits per heavy atom. The van der Waals surface area contributed by atoms with Crippen LogP contribution in [0.1, 0.15) is 21.5 Å². The molecule has 0 aliphatic carbocycles. The summed E-state index contributed by atoms with van der Waals surface area (Å²) in [6.45, 7) is 2.63. The number of halogens is 1. The highest BCUT2D eigenvalue weighted by Crippen LogP contribution is 2.21. The van der Waals surface area contributed by atoms with Gasteiger partial charge in [-0.2, -0.15) is 0 Å². The van der Waals surface area contributed by atoms with Crippen LogP contribution in [0.3, 0.4) is 0 Å². The van der Waals surface area contributed by atoms with E-state index in [0.717, 1.165) is 10.0 Å². The Morgan fingerprint density at radius 3 is 2.65 bits per heavy atom. The number of amides is 1. The van der Waals surface area contributed by atoms with Gasteiger partial charge >= 0.3 is 0 Å². The van der Waals surface area contributed by atoms with Crippen LogP contribution in [0.15, 0.2) is 51.8 Å². The number of nitrogens with zero attached hydrogens (tertiary/aromatic N) is 1. The van der Waals surface area contributed by atoms with Crippen molar-refractivity contribution in [3.8, 4) is 0 Å². The smallest absolute Gasteiger partial charge is 0.255 e. The monoisotopic (exact) mass is 349 g/mol. The largest absolute Gasteiger partial charge is 0.337 e. The Hall–Kier alpha value is -1.26. The van der Waals surface area contributed by atoms with Gasteiger partial charge in [-0.1, -0.05) is 45.8 Å². The van der Waals surface area contributed by atoms with Crippen molar-refractivity contribution in [1.82, 2.24) is 4.90 Å². The van der Waals surface area contributed by atoms with Gasteiger partial charge in [0.1, 0.15) is 0 Å². The zero-order valence-corrected chi connectivity index (χ0v) is 13.9. The fourth-order valence-electron chi connectivity index (χ4n) is 2.05. The number of carbonyl (C=O) groups is 1. The molecule has 0 spiro atoms. The van der Waals surface area contributed by atoms with Gasteiger partial charge in [0, 0.05) is 23.0 Å². The highest BCUT2D eigenvalue weighted by molar-refractivity contribution is 9.10. The molecule has 0 fully saturated rings. The van der Waals surface area contributed by atoms with E-state index >= 15 is 0 Å². The fourth-order valence-corrected chi connectivity index (χ4v) is 2.89. The Labute approximate surface area is 133 Å². The molecule has 2 aromatic carbocycles. The van der Waals surface area contributed by atoms with Crippen molar-refractivity contribution in [2.75, 3.05) is 7.05 Å². The maximum absolute atomic E-state index is 12.4. The van der Waals surface area contributed by atoms with Crippen LogP contribution in [-0.2, 0) is 6.54 Å². The zero-order valence-electron chi connectivity index (χ0n) is 11.4. The van der Waals surface area contributed by atoms with Gasteiger partial charge in [0.25, 0.3) is 5.91 Å². The lowest BCUT2D eigenvalue weighted by Crippen LogP contribution is -2.26. The summed E-state index contributed by atoms with van der Waals surface area (Å²) in [7, 11) is 1.81. The second-order valence-corrected chi connectivity index (χ2v) is 6.21. The van der Waals surface area contributed by atoms with Crippen LogP contribution in [0.2, 0.25) is 0 Å². The van der Waals surface area contributed by atoms with Crippen LogP contribution in [0, 0.1) is 6.92 Å². The molecule has 0 aromatic heterocycles. The molecule has 20 heavy (non-hydrogen) atoms. The Bertz CT molecular complexity index is 642. The number of aryl methyl sites for hydroxylation is 1. The van der Waals surface area contributed by atoms with Crippen molar-refractivity contribution in [3.05, 3.63) is 63.6 Å². The second kappa shape index (κ2) is 6.46. The van der Waals surface area contributed by atoms with Gasteiger partial charge in [0.2, 0.25) is 0 Å². The summed E-state index contributed by atoms with van der Waals surface area (Å²) >= 11 is 7.74. The summed E-state index contributed by atoms with van der Waals surface area (Å²) in [6, 6.07) is 13.7. The third-order valence-corrected chi connectivity index (χ3v) is 3.90. The fraction of sp³-hybridized carbons (Fsp3) is 0.188. The van der Waals surface area contributed by atoms with Crippen molar-refractivity contribution in [2.45, 2.75) is 18.4 Å². The summed E-state index contributed by atoms with van der Waals surface area (Å²) in [5.41, 5.74) is 2.94. The first-order valence-corrected chi connectivity index (χ1v) is 7.51. The molecule has 104 valence electrons. The van der Waals surface area contributed by atoms with Crippen LogP contribution in [-0.4, -0.2) is 17.9 Å². The average molecular weight is 350 g/mol. The lowest BCUT2D eigenvalue weighted by Gasteiger charge is -2.18. The first-order chi connectivity index (χ1) is 9.47. The van der Waals surface area contributed by atoms with E-state index in [9.17, 15) is 4.79 Å². The second-order valence-electron chi connectivity index (χ2n) is 4.81. The van der Waals surface area contributed by atoms with E-state index in [1.807, 2.05) is 37.3 Å². The van der Waals surface area contributed by atoms with E-state index < -0.39 is 0 Å². The van der Waals surface area contributed by atoms with Crippen LogP contribution >= 0.6 is 28.6 Å². The molecule has 0 saturated heterocycles. The summed E-state index contributed by atoms with van der Waals surface area (Å²) in [5.74, 6) is -0.0241. The standard InChI is InChI=1S/C16H16BrNOS/c1-11-4-3-5-12(8-11)10-18(2)16(19)14-7-6-13(17)9-15(14)20/h3-9,20H,10H2,1-2H3. The van der Waals surface area contributed by atoms with E-state index in [4.69, 9.17) is 0 Å². The number of carbonyl (C=O) groups excluding carboxylic acids is 1. The van der Waals surface area contributed by atoms with E-state index in [1.165, 1.54) is 5.56 Å². The van der Waals surface area contributed by atoms with Crippen LogP contribution in [0.5, 0.6) is 0 Å². The van der Waals surface area contributed by atoms with E-state index in [1.54, 1.807) is 18.0 Å². The Morgan fingerprint density at radius 1 is 1.25 bits per heavy atom. The van der Waals surface area contributed by atoms with E-state index in [-0.39, 0.29) is 5.91 Å². The van der Waals surface area contributed by atoms with Gasteiger partial charge in [-0.15, -0.1) is 12.6 Å². The normalized spacial score (nSPS) is 10.4. The lowest BCUT2D eigenvalue weighted by molar-refractivity contribution is 0.0781. The summed E-state index contributed by atoms with van der Waals surface area (Å²) < 4.78 is 0.917. The molecule has 0 unspecified atom stereocenters. The van der Waals surface area contributed by atoms with Crippen molar-refractivity contribution in [1.29, 1.82) is 0 Å². The third-order valence-electron chi connectivity index (χ3n) is 3.04. The summed E-state index contributed by atoms with van der Waals surface area (Å²) in [5, 5.41) is 0. The summed E-state index contributed by atoms with van der Waals surface area (Å²) in [6.07, 6.45) is 0. The predicted octanol–water partition coefficient (Wildman–Crippen LogP) is 4.32. The van der Waals surface area contributed by atoms with Gasteiger partial charge < -0.3 is 4.90 Å². The molecule has 0 saturated carbocycles. The van der Waals surface area contributed by atoms with Gasteiger partial charge in [-0.25, -0.2) is 0 Å². The number of hydrogen-bond acceptors (Lipinski definition) is 2. The van der Waals surface area contributed by atoms with Crippen LogP contribution < -0.4 is 0 Å². The molecule has 2 rings (SSSR count). The van der Waals surface area contributed by atoms with E-state index in [0.29, 0.717) is 17.0 Å². The minimum atomic E-state index is -0.0241. The molecule has 2 aromatic rings. The molecule has 0 atom stereocenters. The third kappa shape index (κ3) is 3.64. The molecule has 0 heterocycles. The topological polar surface area (TPSA) is 20.3 Å². The molecule has 0 N–H and O–H groups in total. The molecule has 4 heteroatoms. The van der Waals surface area contributed by atoms with Crippen LogP contribution in [0.25, 0.3) is 0 Å².